The van der Waals surface area contributed by atoms with E-state index in [1.54, 1.807) is 31.5 Å². The van der Waals surface area contributed by atoms with Crippen LogP contribution in [0.25, 0.3) is 11.1 Å². The molecule has 3 heterocycles. The van der Waals surface area contributed by atoms with Crippen molar-refractivity contribution in [3.63, 3.8) is 0 Å². The molecular weight excluding hydrogens is 492 g/mol. The number of benzene rings is 2. The standard InChI is InChI=1S/C22H18ClF2N3O2.C3H4N2O/c1-13-7-17(5-6-19(13)30-20(24)25)22(12-29-21(26)28-22)16-4-2-3-14(8-16)15-9-18(23)11-27-10-15;4-3-5-1-2-6-3/h2-11,20H,12H2,1H3,(H2,26,28);1-2H,(H2,4,5)/t22-;/m1./s1. The third kappa shape index (κ3) is 5.55. The van der Waals surface area contributed by atoms with E-state index in [1.807, 2.05) is 30.3 Å². The molecule has 0 bridgehead atoms. The number of rotatable bonds is 5. The van der Waals surface area contributed by atoms with Gasteiger partial charge in [0.2, 0.25) is 0 Å². The summed E-state index contributed by atoms with van der Waals surface area (Å²) in [6.45, 7) is -1.01. The fourth-order valence-corrected chi connectivity index (χ4v) is 3.96. The molecule has 0 unspecified atom stereocenters. The first-order chi connectivity index (χ1) is 17.3. The molecule has 1 atom stereocenters. The van der Waals surface area contributed by atoms with Crippen molar-refractivity contribution in [1.82, 2.24) is 9.97 Å². The summed E-state index contributed by atoms with van der Waals surface area (Å²) in [7, 11) is 0. The number of ether oxygens (including phenoxy) is 2. The summed E-state index contributed by atoms with van der Waals surface area (Å²) in [5, 5.41) is 0.532. The first-order valence-corrected chi connectivity index (χ1v) is 11.0. The Morgan fingerprint density at radius 3 is 2.44 bits per heavy atom. The molecule has 11 heteroatoms. The van der Waals surface area contributed by atoms with Crippen LogP contribution in [-0.4, -0.2) is 29.2 Å². The minimum atomic E-state index is -2.89. The number of nitrogens with two attached hydrogens (primary N) is 2. The number of halogens is 3. The van der Waals surface area contributed by atoms with Gasteiger partial charge in [0.1, 0.15) is 18.6 Å². The molecule has 4 aromatic rings. The lowest BCUT2D eigenvalue weighted by atomic mass is 9.82. The molecular formula is C25H22ClF2N5O3. The summed E-state index contributed by atoms with van der Waals surface area (Å²) in [6.07, 6.45) is 6.21. The largest absolute Gasteiger partial charge is 0.462 e. The van der Waals surface area contributed by atoms with Gasteiger partial charge < -0.3 is 25.4 Å². The quantitative estimate of drug-likeness (QED) is 0.378. The third-order valence-electron chi connectivity index (χ3n) is 5.43. The van der Waals surface area contributed by atoms with Crippen LogP contribution in [0.3, 0.4) is 0 Å². The molecule has 1 aliphatic heterocycles. The number of amidine groups is 1. The number of aryl methyl sites for hydroxylation is 1. The number of anilines is 1. The molecule has 2 aromatic heterocycles. The molecule has 2 aromatic carbocycles. The smallest absolute Gasteiger partial charge is 0.387 e. The molecule has 0 radical (unpaired) electrons. The highest BCUT2D eigenvalue weighted by atomic mass is 35.5. The average Bonchev–Trinajstić information content (AvgIpc) is 3.50. The lowest BCUT2D eigenvalue weighted by Gasteiger charge is -2.26. The Bertz CT molecular complexity index is 1370. The highest BCUT2D eigenvalue weighted by Gasteiger charge is 2.40. The zero-order valence-electron chi connectivity index (χ0n) is 19.1. The van der Waals surface area contributed by atoms with Gasteiger partial charge in [-0.2, -0.15) is 8.78 Å². The van der Waals surface area contributed by atoms with Crippen LogP contribution in [0.1, 0.15) is 16.7 Å². The number of nitrogen functional groups attached to an aromatic ring is 1. The fourth-order valence-electron chi connectivity index (χ4n) is 3.79. The SMILES string of the molecule is Cc1cc([C@]2(c3cccc(-c4cncc(Cl)c4)c3)COC(N)=N2)ccc1OC(F)F.Nc1ncco1. The van der Waals surface area contributed by atoms with Gasteiger partial charge in [-0.1, -0.05) is 35.9 Å². The molecule has 0 fully saturated rings. The highest BCUT2D eigenvalue weighted by Crippen LogP contribution is 2.40. The van der Waals surface area contributed by atoms with E-state index in [0.717, 1.165) is 22.3 Å². The monoisotopic (exact) mass is 513 g/mol. The van der Waals surface area contributed by atoms with E-state index in [1.165, 1.54) is 18.5 Å². The van der Waals surface area contributed by atoms with E-state index >= 15 is 0 Å². The molecule has 1 aliphatic rings. The van der Waals surface area contributed by atoms with Gasteiger partial charge in [0.15, 0.2) is 5.54 Å². The predicted octanol–water partition coefficient (Wildman–Crippen LogP) is 5.16. The number of hydrogen-bond acceptors (Lipinski definition) is 8. The van der Waals surface area contributed by atoms with E-state index in [4.69, 9.17) is 27.8 Å². The molecule has 5 rings (SSSR count). The molecule has 0 spiro atoms. The number of aliphatic imine (C=N–C) groups is 1. The van der Waals surface area contributed by atoms with Gasteiger partial charge in [0.05, 0.1) is 11.2 Å². The maximum absolute atomic E-state index is 12.6. The van der Waals surface area contributed by atoms with Gasteiger partial charge in [-0.3, -0.25) is 4.98 Å². The number of pyridine rings is 1. The van der Waals surface area contributed by atoms with Gasteiger partial charge in [-0.15, -0.1) is 0 Å². The van der Waals surface area contributed by atoms with Gasteiger partial charge >= 0.3 is 6.61 Å². The van der Waals surface area contributed by atoms with Gasteiger partial charge in [0.25, 0.3) is 12.0 Å². The Morgan fingerprint density at radius 1 is 1.06 bits per heavy atom. The second kappa shape index (κ2) is 10.6. The maximum atomic E-state index is 12.6. The van der Waals surface area contributed by atoms with Crippen LogP contribution < -0.4 is 16.2 Å². The van der Waals surface area contributed by atoms with Crippen molar-refractivity contribution >= 4 is 23.6 Å². The Hall–Kier alpha value is -4.18. The van der Waals surface area contributed by atoms with Crippen LogP contribution in [0, 0.1) is 6.92 Å². The van der Waals surface area contributed by atoms with E-state index < -0.39 is 12.2 Å². The van der Waals surface area contributed by atoms with E-state index in [2.05, 4.69) is 24.1 Å². The maximum Gasteiger partial charge on any atom is 0.387 e. The van der Waals surface area contributed by atoms with Crippen molar-refractivity contribution in [2.75, 3.05) is 12.3 Å². The molecule has 186 valence electrons. The van der Waals surface area contributed by atoms with Crippen LogP contribution in [-0.2, 0) is 10.3 Å². The Balaban J connectivity index is 0.000000445. The number of hydrogen-bond donors (Lipinski definition) is 2. The van der Waals surface area contributed by atoms with Crippen LogP contribution in [0.15, 0.2) is 82.8 Å². The van der Waals surface area contributed by atoms with Gasteiger partial charge in [0, 0.05) is 18.0 Å². The Labute approximate surface area is 210 Å². The van der Waals surface area contributed by atoms with Crippen LogP contribution in [0.5, 0.6) is 5.75 Å². The second-order valence-corrected chi connectivity index (χ2v) is 8.24. The molecule has 36 heavy (non-hydrogen) atoms. The third-order valence-corrected chi connectivity index (χ3v) is 5.64. The number of oxazole rings is 1. The summed E-state index contributed by atoms with van der Waals surface area (Å²) in [5.41, 5.74) is 13.8. The second-order valence-electron chi connectivity index (χ2n) is 7.80. The molecule has 0 saturated carbocycles. The van der Waals surface area contributed by atoms with Gasteiger partial charge in [-0.25, -0.2) is 9.98 Å². The molecule has 4 N–H and O–H groups in total. The van der Waals surface area contributed by atoms with Crippen molar-refractivity contribution in [2.45, 2.75) is 19.1 Å². The first-order valence-electron chi connectivity index (χ1n) is 10.7. The van der Waals surface area contributed by atoms with E-state index in [-0.39, 0.29) is 24.4 Å². The number of aromatic nitrogens is 2. The van der Waals surface area contributed by atoms with Gasteiger partial charge in [-0.05, 0) is 53.4 Å². The molecule has 0 amide bonds. The minimum Gasteiger partial charge on any atom is -0.462 e. The molecule has 0 saturated heterocycles. The van der Waals surface area contributed by atoms with Crippen LogP contribution in [0.2, 0.25) is 5.02 Å². The normalized spacial score (nSPS) is 16.6. The minimum absolute atomic E-state index is 0.0652. The zero-order valence-corrected chi connectivity index (χ0v) is 19.8. The van der Waals surface area contributed by atoms with Crippen LogP contribution >= 0.6 is 11.6 Å². The average molecular weight is 514 g/mol. The lowest BCUT2D eigenvalue weighted by Crippen LogP contribution is -2.27. The topological polar surface area (TPSA) is 122 Å². The van der Waals surface area contributed by atoms with Crippen molar-refractivity contribution in [3.05, 3.63) is 95.1 Å². The van der Waals surface area contributed by atoms with E-state index in [9.17, 15) is 8.78 Å². The number of alkyl halides is 2. The fraction of sp³-hybridized carbons (Fsp3) is 0.160. The summed E-state index contributed by atoms with van der Waals surface area (Å²) < 4.78 is 39.9. The van der Waals surface area contributed by atoms with Crippen molar-refractivity contribution in [3.8, 4) is 16.9 Å². The highest BCUT2D eigenvalue weighted by molar-refractivity contribution is 6.30. The summed E-state index contributed by atoms with van der Waals surface area (Å²) in [4.78, 5) is 12.3. The first kappa shape index (κ1) is 24.9. The van der Waals surface area contributed by atoms with Crippen molar-refractivity contribution < 1.29 is 22.7 Å². The zero-order chi connectivity index (χ0) is 25.7. The van der Waals surface area contributed by atoms with Crippen molar-refractivity contribution in [1.29, 1.82) is 0 Å². The summed E-state index contributed by atoms with van der Waals surface area (Å²) >= 11 is 6.09. The summed E-state index contributed by atoms with van der Waals surface area (Å²) in [5.74, 6) is 0.110. The summed E-state index contributed by atoms with van der Waals surface area (Å²) in [6, 6.07) is 14.8. The number of nitrogens with zero attached hydrogens (tertiary/aromatic N) is 3. The predicted molar refractivity (Wildman–Crippen MR) is 132 cm³/mol. The van der Waals surface area contributed by atoms with Crippen LogP contribution in [0.4, 0.5) is 14.8 Å². The van der Waals surface area contributed by atoms with Crippen molar-refractivity contribution in [2.24, 2.45) is 10.7 Å². The lowest BCUT2D eigenvalue weighted by molar-refractivity contribution is -0.0503. The Kier molecular flexibility index (Phi) is 7.35. The molecule has 0 aliphatic carbocycles. The Morgan fingerprint density at radius 2 is 1.86 bits per heavy atom. The van der Waals surface area contributed by atoms with E-state index in [0.29, 0.717) is 10.6 Å². The molecule has 8 nitrogen and oxygen atoms in total.